The molecule has 0 amide bonds. The zero-order valence-corrected chi connectivity index (χ0v) is 12.9. The van der Waals surface area contributed by atoms with Gasteiger partial charge in [0.2, 0.25) is 0 Å². The SMILES string of the molecule is CC(NCC(C)N(C)C1CC1)c1cccc(OC(F)F)c1. The molecule has 1 aliphatic carbocycles. The number of benzene rings is 1. The van der Waals surface area contributed by atoms with Gasteiger partial charge in [0.25, 0.3) is 0 Å². The van der Waals surface area contributed by atoms with Gasteiger partial charge >= 0.3 is 6.61 Å². The van der Waals surface area contributed by atoms with E-state index >= 15 is 0 Å². The van der Waals surface area contributed by atoms with Gasteiger partial charge in [-0.1, -0.05) is 12.1 Å². The van der Waals surface area contributed by atoms with Crippen LogP contribution in [0.15, 0.2) is 24.3 Å². The van der Waals surface area contributed by atoms with Crippen molar-refractivity contribution in [1.29, 1.82) is 0 Å². The van der Waals surface area contributed by atoms with Gasteiger partial charge in [-0.15, -0.1) is 0 Å². The van der Waals surface area contributed by atoms with Gasteiger partial charge in [-0.2, -0.15) is 8.78 Å². The Bertz CT molecular complexity index is 452. The van der Waals surface area contributed by atoms with E-state index in [9.17, 15) is 8.78 Å². The molecular formula is C16H24F2N2O. The van der Waals surface area contributed by atoms with E-state index in [1.807, 2.05) is 13.0 Å². The molecule has 1 aromatic rings. The van der Waals surface area contributed by atoms with Gasteiger partial charge in [-0.3, -0.25) is 4.90 Å². The lowest BCUT2D eigenvalue weighted by molar-refractivity contribution is -0.0499. The van der Waals surface area contributed by atoms with E-state index in [0.717, 1.165) is 18.2 Å². The van der Waals surface area contributed by atoms with Crippen LogP contribution in [0.4, 0.5) is 8.78 Å². The van der Waals surface area contributed by atoms with Crippen molar-refractivity contribution < 1.29 is 13.5 Å². The average Bonchev–Trinajstić information content (AvgIpc) is 3.27. The van der Waals surface area contributed by atoms with Crippen LogP contribution in [0.25, 0.3) is 0 Å². The highest BCUT2D eigenvalue weighted by Gasteiger charge is 2.29. The third-order valence-electron chi connectivity index (χ3n) is 4.12. The molecule has 0 spiro atoms. The van der Waals surface area contributed by atoms with Crippen LogP contribution in [0.3, 0.4) is 0 Å². The molecule has 21 heavy (non-hydrogen) atoms. The summed E-state index contributed by atoms with van der Waals surface area (Å²) in [5.41, 5.74) is 0.953. The standard InChI is InChI=1S/C16H24F2N2O/c1-11(20(3)14-7-8-14)10-19-12(2)13-5-4-6-15(9-13)21-16(17)18/h4-6,9,11-12,14,16,19H,7-8,10H2,1-3H3. The molecule has 0 bridgehead atoms. The molecule has 0 heterocycles. The lowest BCUT2D eigenvalue weighted by Crippen LogP contribution is -2.39. The summed E-state index contributed by atoms with van der Waals surface area (Å²) in [7, 11) is 2.16. The van der Waals surface area contributed by atoms with E-state index in [1.165, 1.54) is 12.8 Å². The van der Waals surface area contributed by atoms with Gasteiger partial charge < -0.3 is 10.1 Å². The van der Waals surface area contributed by atoms with Gasteiger partial charge in [0.1, 0.15) is 5.75 Å². The number of likely N-dealkylation sites (N-methyl/N-ethyl adjacent to an activating group) is 1. The van der Waals surface area contributed by atoms with Crippen LogP contribution < -0.4 is 10.1 Å². The van der Waals surface area contributed by atoms with Crippen molar-refractivity contribution in [2.75, 3.05) is 13.6 Å². The van der Waals surface area contributed by atoms with Crippen molar-refractivity contribution in [3.8, 4) is 5.75 Å². The lowest BCUT2D eigenvalue weighted by Gasteiger charge is -2.26. The molecule has 1 aromatic carbocycles. The lowest BCUT2D eigenvalue weighted by atomic mass is 10.1. The van der Waals surface area contributed by atoms with E-state index in [-0.39, 0.29) is 11.8 Å². The fourth-order valence-corrected chi connectivity index (χ4v) is 2.41. The number of rotatable bonds is 8. The van der Waals surface area contributed by atoms with Crippen LogP contribution in [0.5, 0.6) is 5.75 Å². The summed E-state index contributed by atoms with van der Waals surface area (Å²) in [5, 5.41) is 3.46. The van der Waals surface area contributed by atoms with Crippen LogP contribution >= 0.6 is 0 Å². The molecule has 3 nitrogen and oxygen atoms in total. The maximum atomic E-state index is 12.2. The number of hydrogen-bond donors (Lipinski definition) is 1. The van der Waals surface area contributed by atoms with Gasteiger partial charge in [0.15, 0.2) is 0 Å². The second kappa shape index (κ2) is 7.18. The molecule has 1 aliphatic rings. The summed E-state index contributed by atoms with van der Waals surface area (Å²) in [6.07, 6.45) is 2.59. The van der Waals surface area contributed by atoms with Crippen LogP contribution in [-0.2, 0) is 0 Å². The highest BCUT2D eigenvalue weighted by Crippen LogP contribution is 2.27. The molecular weight excluding hydrogens is 274 g/mol. The fourth-order valence-electron chi connectivity index (χ4n) is 2.41. The molecule has 1 saturated carbocycles. The number of nitrogens with zero attached hydrogens (tertiary/aromatic N) is 1. The molecule has 2 unspecified atom stereocenters. The monoisotopic (exact) mass is 298 g/mol. The average molecular weight is 298 g/mol. The summed E-state index contributed by atoms with van der Waals surface area (Å²) >= 11 is 0. The molecule has 118 valence electrons. The fraction of sp³-hybridized carbons (Fsp3) is 0.625. The van der Waals surface area contributed by atoms with Crippen LogP contribution in [0.1, 0.15) is 38.3 Å². The third-order valence-corrected chi connectivity index (χ3v) is 4.12. The minimum atomic E-state index is -2.78. The normalized spacial score (nSPS) is 18.0. The second-order valence-corrected chi connectivity index (χ2v) is 5.83. The zero-order valence-electron chi connectivity index (χ0n) is 12.9. The summed E-state index contributed by atoms with van der Waals surface area (Å²) in [6, 6.07) is 8.17. The molecule has 0 aromatic heterocycles. The van der Waals surface area contributed by atoms with Crippen molar-refractivity contribution in [2.24, 2.45) is 0 Å². The van der Waals surface area contributed by atoms with Crippen molar-refractivity contribution in [3.63, 3.8) is 0 Å². The Morgan fingerprint density at radius 3 is 2.67 bits per heavy atom. The van der Waals surface area contributed by atoms with Crippen molar-refractivity contribution in [2.45, 2.75) is 51.4 Å². The number of hydrogen-bond acceptors (Lipinski definition) is 3. The Hall–Kier alpha value is -1.20. The number of nitrogens with one attached hydrogen (secondary N) is 1. The van der Waals surface area contributed by atoms with Gasteiger partial charge in [-0.05, 0) is 51.4 Å². The first-order chi connectivity index (χ1) is 9.97. The Balaban J connectivity index is 1.85. The van der Waals surface area contributed by atoms with Crippen molar-refractivity contribution >= 4 is 0 Å². The summed E-state index contributed by atoms with van der Waals surface area (Å²) in [6.45, 7) is 2.32. The van der Waals surface area contributed by atoms with Crippen LogP contribution in [0, 0.1) is 0 Å². The third kappa shape index (κ3) is 4.93. The van der Waals surface area contributed by atoms with E-state index in [1.54, 1.807) is 18.2 Å². The smallest absolute Gasteiger partial charge is 0.387 e. The zero-order chi connectivity index (χ0) is 15.4. The van der Waals surface area contributed by atoms with E-state index in [4.69, 9.17) is 0 Å². The largest absolute Gasteiger partial charge is 0.435 e. The van der Waals surface area contributed by atoms with Gasteiger partial charge in [0.05, 0.1) is 0 Å². The summed E-state index contributed by atoms with van der Waals surface area (Å²) < 4.78 is 28.9. The Morgan fingerprint density at radius 1 is 1.33 bits per heavy atom. The molecule has 5 heteroatoms. The maximum absolute atomic E-state index is 12.2. The number of ether oxygens (including phenoxy) is 1. The van der Waals surface area contributed by atoms with Crippen LogP contribution in [-0.4, -0.2) is 37.2 Å². The summed E-state index contributed by atoms with van der Waals surface area (Å²) in [4.78, 5) is 2.40. The maximum Gasteiger partial charge on any atom is 0.387 e. The topological polar surface area (TPSA) is 24.5 Å². The molecule has 0 radical (unpaired) electrons. The molecule has 0 saturated heterocycles. The molecule has 2 rings (SSSR count). The van der Waals surface area contributed by atoms with Crippen molar-refractivity contribution in [1.82, 2.24) is 10.2 Å². The first-order valence-corrected chi connectivity index (χ1v) is 7.47. The highest BCUT2D eigenvalue weighted by molar-refractivity contribution is 5.30. The minimum absolute atomic E-state index is 0.0984. The quantitative estimate of drug-likeness (QED) is 0.796. The number of halogens is 2. The van der Waals surface area contributed by atoms with E-state index < -0.39 is 6.61 Å². The first kappa shape index (κ1) is 16.2. The number of alkyl halides is 2. The molecule has 2 atom stereocenters. The van der Waals surface area contributed by atoms with E-state index in [2.05, 4.69) is 28.9 Å². The van der Waals surface area contributed by atoms with Crippen molar-refractivity contribution in [3.05, 3.63) is 29.8 Å². The highest BCUT2D eigenvalue weighted by atomic mass is 19.3. The Morgan fingerprint density at radius 2 is 2.05 bits per heavy atom. The Labute approximate surface area is 125 Å². The Kier molecular flexibility index (Phi) is 5.53. The van der Waals surface area contributed by atoms with Gasteiger partial charge in [-0.25, -0.2) is 0 Å². The first-order valence-electron chi connectivity index (χ1n) is 7.47. The van der Waals surface area contributed by atoms with E-state index in [0.29, 0.717) is 6.04 Å². The van der Waals surface area contributed by atoms with Crippen LogP contribution in [0.2, 0.25) is 0 Å². The minimum Gasteiger partial charge on any atom is -0.435 e. The molecule has 1 fully saturated rings. The predicted octanol–water partition coefficient (Wildman–Crippen LogP) is 3.42. The molecule has 1 N–H and O–H groups in total. The predicted molar refractivity (Wildman–Crippen MR) is 79.7 cm³/mol. The summed E-state index contributed by atoms with van der Waals surface area (Å²) in [5.74, 6) is 0.208. The van der Waals surface area contributed by atoms with Gasteiger partial charge in [0, 0.05) is 24.7 Å². The second-order valence-electron chi connectivity index (χ2n) is 5.83. The molecule has 0 aliphatic heterocycles.